The van der Waals surface area contributed by atoms with E-state index in [1.54, 1.807) is 0 Å². The van der Waals surface area contributed by atoms with Gasteiger partial charge in [0.2, 0.25) is 6.29 Å². The van der Waals surface area contributed by atoms with Gasteiger partial charge in [0.25, 0.3) is 0 Å². The molecule has 16 heavy (non-hydrogen) atoms. The Morgan fingerprint density at radius 3 is 2.38 bits per heavy atom. The maximum atomic E-state index is 11.0. The molecule has 0 heterocycles. The smallest absolute Gasteiger partial charge is 0.202 e. The van der Waals surface area contributed by atoms with Crippen LogP contribution in [0.5, 0.6) is 0 Å². The van der Waals surface area contributed by atoms with Crippen molar-refractivity contribution < 1.29 is 4.79 Å². The first kappa shape index (κ1) is 13.7. The van der Waals surface area contributed by atoms with Crippen molar-refractivity contribution >= 4 is 6.29 Å². The number of carbonyl (C=O) groups excluding carboxylic acids is 1. The van der Waals surface area contributed by atoms with E-state index >= 15 is 0 Å². The number of hydrogen-bond donors (Lipinski definition) is 0. The Hall–Kier alpha value is -0.330. The first-order valence-electron chi connectivity index (χ1n) is 7.26. The number of rotatable bonds is 8. The quantitative estimate of drug-likeness (QED) is 0.547. The van der Waals surface area contributed by atoms with E-state index in [9.17, 15) is 4.79 Å². The third-order valence-corrected chi connectivity index (χ3v) is 3.99. The van der Waals surface area contributed by atoms with Crippen LogP contribution < -0.4 is 0 Å². The van der Waals surface area contributed by atoms with Crippen LogP contribution in [0, 0.1) is 11.8 Å². The van der Waals surface area contributed by atoms with Gasteiger partial charge in [0.05, 0.1) is 0 Å². The molecule has 0 spiro atoms. The first-order chi connectivity index (χ1) is 7.88. The van der Waals surface area contributed by atoms with Gasteiger partial charge in [0, 0.05) is 5.92 Å². The van der Waals surface area contributed by atoms with E-state index in [1.807, 2.05) is 0 Å². The van der Waals surface area contributed by atoms with E-state index in [1.165, 1.54) is 64.2 Å². The molecule has 93 valence electrons. The van der Waals surface area contributed by atoms with Crippen molar-refractivity contribution in [3.05, 3.63) is 0 Å². The van der Waals surface area contributed by atoms with Gasteiger partial charge >= 0.3 is 0 Å². The first-order valence-corrected chi connectivity index (χ1v) is 7.26. The van der Waals surface area contributed by atoms with Gasteiger partial charge in [-0.3, -0.25) is 4.79 Å². The molecule has 1 atom stereocenters. The monoisotopic (exact) mass is 223 g/mol. The lowest BCUT2D eigenvalue weighted by Gasteiger charge is -2.26. The van der Waals surface area contributed by atoms with Gasteiger partial charge in [-0.2, -0.15) is 0 Å². The molecule has 0 aromatic rings. The van der Waals surface area contributed by atoms with Crippen LogP contribution in [0.2, 0.25) is 0 Å². The summed E-state index contributed by atoms with van der Waals surface area (Å²) in [7, 11) is 0. The molecule has 0 amide bonds. The third-order valence-electron chi connectivity index (χ3n) is 3.99. The van der Waals surface area contributed by atoms with Crippen LogP contribution in [-0.4, -0.2) is 6.29 Å². The van der Waals surface area contributed by atoms with Gasteiger partial charge in [0.15, 0.2) is 0 Å². The largest absolute Gasteiger partial charge is 0.291 e. The van der Waals surface area contributed by atoms with Crippen LogP contribution in [0.25, 0.3) is 0 Å². The van der Waals surface area contributed by atoms with Crippen LogP contribution in [0.1, 0.15) is 77.6 Å². The molecule has 0 aliphatic heterocycles. The van der Waals surface area contributed by atoms with Gasteiger partial charge in [-0.05, 0) is 25.2 Å². The molecule has 0 aromatic carbocycles. The van der Waals surface area contributed by atoms with Crippen LogP contribution in [0.15, 0.2) is 0 Å². The second-order valence-corrected chi connectivity index (χ2v) is 5.33. The van der Waals surface area contributed by atoms with Crippen LogP contribution in [0.4, 0.5) is 0 Å². The predicted molar refractivity (Wildman–Crippen MR) is 69.1 cm³/mol. The Kier molecular flexibility index (Phi) is 7.54. The number of unbranched alkanes of at least 4 members (excludes halogenated alkanes) is 4. The summed E-state index contributed by atoms with van der Waals surface area (Å²) in [4.78, 5) is 11.0. The molecule has 1 heteroatoms. The molecule has 0 bridgehead atoms. The van der Waals surface area contributed by atoms with E-state index in [4.69, 9.17) is 0 Å². The van der Waals surface area contributed by atoms with Crippen molar-refractivity contribution in [3.8, 4) is 0 Å². The molecule has 1 unspecified atom stereocenters. The topological polar surface area (TPSA) is 17.1 Å². The minimum absolute atomic E-state index is 0.252. The van der Waals surface area contributed by atoms with E-state index in [2.05, 4.69) is 13.2 Å². The van der Waals surface area contributed by atoms with Gasteiger partial charge in [0.1, 0.15) is 0 Å². The van der Waals surface area contributed by atoms with E-state index in [-0.39, 0.29) is 5.92 Å². The highest BCUT2D eigenvalue weighted by Gasteiger charge is 2.23. The summed E-state index contributed by atoms with van der Waals surface area (Å²) in [5, 5.41) is 0. The molecule has 1 aliphatic carbocycles. The molecule has 1 radical (unpaired) electrons. The minimum Gasteiger partial charge on any atom is -0.291 e. The average Bonchev–Trinajstić information content (AvgIpc) is 2.35. The second kappa shape index (κ2) is 8.78. The number of hydrogen-bond acceptors (Lipinski definition) is 1. The standard InChI is InChI=1S/C15H27O/c1-2-3-4-5-7-12-15(13-16)14-10-8-6-9-11-14/h14-15H,2-12H2,1H3. The van der Waals surface area contributed by atoms with Crippen molar-refractivity contribution in [2.45, 2.75) is 77.6 Å². The molecule has 1 saturated carbocycles. The Morgan fingerprint density at radius 1 is 1.06 bits per heavy atom. The molecular formula is C15H27O. The van der Waals surface area contributed by atoms with Gasteiger partial charge in [-0.15, -0.1) is 0 Å². The zero-order valence-corrected chi connectivity index (χ0v) is 10.8. The average molecular weight is 223 g/mol. The molecule has 1 aliphatic rings. The molecule has 1 fully saturated rings. The SMILES string of the molecule is CCCCCCCC([C]=O)C1CCCCC1. The molecule has 1 nitrogen and oxygen atoms in total. The molecule has 0 saturated heterocycles. The van der Waals surface area contributed by atoms with Crippen molar-refractivity contribution in [3.63, 3.8) is 0 Å². The summed E-state index contributed by atoms with van der Waals surface area (Å²) >= 11 is 0. The van der Waals surface area contributed by atoms with Crippen molar-refractivity contribution in [2.75, 3.05) is 0 Å². The maximum Gasteiger partial charge on any atom is 0.202 e. The van der Waals surface area contributed by atoms with Gasteiger partial charge in [-0.1, -0.05) is 58.3 Å². The third kappa shape index (κ3) is 5.14. The summed E-state index contributed by atoms with van der Waals surface area (Å²) in [5.74, 6) is 0.916. The summed E-state index contributed by atoms with van der Waals surface area (Å²) < 4.78 is 0. The Bertz CT molecular complexity index is 170. The lowest BCUT2D eigenvalue weighted by atomic mass is 9.78. The lowest BCUT2D eigenvalue weighted by molar-refractivity contribution is 0.277. The van der Waals surface area contributed by atoms with Crippen molar-refractivity contribution in [1.29, 1.82) is 0 Å². The van der Waals surface area contributed by atoms with Crippen LogP contribution in [-0.2, 0) is 4.79 Å². The second-order valence-electron chi connectivity index (χ2n) is 5.33. The van der Waals surface area contributed by atoms with E-state index < -0.39 is 0 Å². The van der Waals surface area contributed by atoms with Gasteiger partial charge in [-0.25, -0.2) is 0 Å². The zero-order chi connectivity index (χ0) is 11.6. The Balaban J connectivity index is 2.12. The van der Waals surface area contributed by atoms with Crippen LogP contribution in [0.3, 0.4) is 0 Å². The maximum absolute atomic E-state index is 11.0. The summed E-state index contributed by atoms with van der Waals surface area (Å²) in [6.07, 6.45) is 16.5. The highest BCUT2D eigenvalue weighted by Crippen LogP contribution is 2.31. The van der Waals surface area contributed by atoms with Crippen molar-refractivity contribution in [2.24, 2.45) is 11.8 Å². The highest BCUT2D eigenvalue weighted by atomic mass is 16.1. The molecular weight excluding hydrogens is 196 g/mol. The highest BCUT2D eigenvalue weighted by molar-refractivity contribution is 5.54. The Morgan fingerprint density at radius 2 is 1.75 bits per heavy atom. The van der Waals surface area contributed by atoms with Crippen molar-refractivity contribution in [1.82, 2.24) is 0 Å². The fourth-order valence-corrected chi connectivity index (χ4v) is 2.90. The molecule has 1 rings (SSSR count). The van der Waals surface area contributed by atoms with Gasteiger partial charge < -0.3 is 0 Å². The summed E-state index contributed by atoms with van der Waals surface area (Å²) in [6, 6.07) is 0. The fraction of sp³-hybridized carbons (Fsp3) is 0.933. The van der Waals surface area contributed by atoms with E-state index in [0.717, 1.165) is 6.42 Å². The van der Waals surface area contributed by atoms with E-state index in [0.29, 0.717) is 5.92 Å². The normalized spacial score (nSPS) is 19.6. The molecule has 0 N–H and O–H groups in total. The summed E-state index contributed by atoms with van der Waals surface area (Å²) in [6.45, 7) is 2.24. The fourth-order valence-electron chi connectivity index (χ4n) is 2.90. The zero-order valence-electron chi connectivity index (χ0n) is 10.8. The summed E-state index contributed by atoms with van der Waals surface area (Å²) in [5.41, 5.74) is 0. The van der Waals surface area contributed by atoms with Crippen LogP contribution >= 0.6 is 0 Å². The lowest BCUT2D eigenvalue weighted by Crippen LogP contribution is -2.19. The predicted octanol–water partition coefficient (Wildman–Crippen LogP) is 4.65. The Labute approximate surface area is 101 Å². The minimum atomic E-state index is 0.252. The molecule has 0 aromatic heterocycles.